The third-order valence-corrected chi connectivity index (χ3v) is 2.90. The van der Waals surface area contributed by atoms with Gasteiger partial charge in [-0.15, -0.1) is 0 Å². The summed E-state index contributed by atoms with van der Waals surface area (Å²) >= 11 is 0. The van der Waals surface area contributed by atoms with Crippen LogP contribution in [0.1, 0.15) is 64.2 Å². The molecule has 1 rings (SSSR count). The predicted molar refractivity (Wildman–Crippen MR) is 66.3 cm³/mol. The minimum absolute atomic E-state index is 0. The number of nitrogens with one attached hydrogen (secondary N) is 1. The first-order chi connectivity index (χ1) is 6.89. The normalized spacial score (nSPS) is 21.2. The van der Waals surface area contributed by atoms with Crippen LogP contribution >= 0.6 is 0 Å². The molecule has 1 aliphatic rings. The molecule has 1 heterocycles. The van der Waals surface area contributed by atoms with E-state index in [4.69, 9.17) is 0 Å². The van der Waals surface area contributed by atoms with Crippen LogP contribution in [0.25, 0.3) is 0 Å². The van der Waals surface area contributed by atoms with Gasteiger partial charge in [0.25, 0.3) is 0 Å². The SMILES string of the molecule is O=C1CCCCCCCCCCCN1.[NaH]. The van der Waals surface area contributed by atoms with Crippen LogP contribution in [0.2, 0.25) is 0 Å². The van der Waals surface area contributed by atoms with E-state index < -0.39 is 0 Å². The summed E-state index contributed by atoms with van der Waals surface area (Å²) < 4.78 is 0. The number of hydrogen-bond donors (Lipinski definition) is 1. The Morgan fingerprint density at radius 3 is 1.80 bits per heavy atom. The topological polar surface area (TPSA) is 29.1 Å². The van der Waals surface area contributed by atoms with Crippen LogP contribution in [-0.4, -0.2) is 42.0 Å². The second kappa shape index (κ2) is 11.0. The van der Waals surface area contributed by atoms with Gasteiger partial charge in [0.05, 0.1) is 0 Å². The van der Waals surface area contributed by atoms with Crippen molar-refractivity contribution in [2.45, 2.75) is 64.2 Å². The molecular formula is C12H24NNaO. The van der Waals surface area contributed by atoms with Crippen molar-refractivity contribution in [2.24, 2.45) is 0 Å². The maximum absolute atomic E-state index is 11.3. The average molecular weight is 221 g/mol. The van der Waals surface area contributed by atoms with Crippen molar-refractivity contribution < 1.29 is 4.79 Å². The van der Waals surface area contributed by atoms with Gasteiger partial charge in [0.1, 0.15) is 0 Å². The van der Waals surface area contributed by atoms with Gasteiger partial charge < -0.3 is 5.32 Å². The molecule has 1 amide bonds. The van der Waals surface area contributed by atoms with E-state index in [1.807, 2.05) is 0 Å². The standard InChI is InChI=1S/C12H23NO.Na.H/c14-12-10-8-6-4-2-1-3-5-7-9-11-13-12;;/h1-11H2,(H,13,14);;. The third kappa shape index (κ3) is 9.40. The Kier molecular flexibility index (Phi) is 11.3. The van der Waals surface area contributed by atoms with Crippen LogP contribution in [-0.2, 0) is 4.79 Å². The molecule has 0 saturated carbocycles. The third-order valence-electron chi connectivity index (χ3n) is 2.90. The van der Waals surface area contributed by atoms with E-state index in [-0.39, 0.29) is 35.5 Å². The zero-order valence-electron chi connectivity index (χ0n) is 9.19. The van der Waals surface area contributed by atoms with Gasteiger partial charge >= 0.3 is 29.6 Å². The number of hydrogen-bond acceptors (Lipinski definition) is 1. The molecule has 1 fully saturated rings. The first kappa shape index (κ1) is 15.5. The molecule has 0 atom stereocenters. The molecule has 0 aromatic rings. The molecule has 1 N–H and O–H groups in total. The number of carbonyl (C=O) groups is 1. The fourth-order valence-electron chi connectivity index (χ4n) is 1.96. The molecule has 0 unspecified atom stereocenters. The molecule has 0 bridgehead atoms. The molecule has 0 radical (unpaired) electrons. The Morgan fingerprint density at radius 2 is 1.20 bits per heavy atom. The maximum atomic E-state index is 11.3. The van der Waals surface area contributed by atoms with Crippen molar-refractivity contribution in [1.29, 1.82) is 0 Å². The molecule has 84 valence electrons. The fourth-order valence-corrected chi connectivity index (χ4v) is 1.96. The van der Waals surface area contributed by atoms with Crippen molar-refractivity contribution in [1.82, 2.24) is 5.32 Å². The summed E-state index contributed by atoms with van der Waals surface area (Å²) in [4.78, 5) is 11.3. The summed E-state index contributed by atoms with van der Waals surface area (Å²) in [6, 6.07) is 0. The summed E-state index contributed by atoms with van der Waals surface area (Å²) in [6.07, 6.45) is 12.3. The zero-order chi connectivity index (χ0) is 10.1. The summed E-state index contributed by atoms with van der Waals surface area (Å²) in [6.45, 7) is 0.888. The molecular weight excluding hydrogens is 197 g/mol. The van der Waals surface area contributed by atoms with Gasteiger partial charge in [-0.05, 0) is 12.8 Å². The minimum atomic E-state index is 0. The Labute approximate surface area is 116 Å². The van der Waals surface area contributed by atoms with Crippen LogP contribution in [0.15, 0.2) is 0 Å². The summed E-state index contributed by atoms with van der Waals surface area (Å²) in [5.74, 6) is 0.254. The monoisotopic (exact) mass is 221 g/mol. The van der Waals surface area contributed by atoms with E-state index in [1.165, 1.54) is 44.9 Å². The van der Waals surface area contributed by atoms with Crippen molar-refractivity contribution in [2.75, 3.05) is 6.54 Å². The second-order valence-electron chi connectivity index (χ2n) is 4.28. The quantitative estimate of drug-likeness (QED) is 0.625. The average Bonchev–Trinajstić information content (AvgIpc) is 2.20. The molecule has 0 aromatic carbocycles. The van der Waals surface area contributed by atoms with Crippen molar-refractivity contribution in [3.05, 3.63) is 0 Å². The van der Waals surface area contributed by atoms with Crippen molar-refractivity contribution in [3.8, 4) is 0 Å². The Morgan fingerprint density at radius 1 is 0.733 bits per heavy atom. The van der Waals surface area contributed by atoms with Crippen molar-refractivity contribution in [3.63, 3.8) is 0 Å². The summed E-state index contributed by atoms with van der Waals surface area (Å²) in [5, 5.41) is 2.98. The Balaban J connectivity index is 0.00000196. The van der Waals surface area contributed by atoms with Crippen LogP contribution in [0.4, 0.5) is 0 Å². The van der Waals surface area contributed by atoms with Gasteiger partial charge in [-0.2, -0.15) is 0 Å². The van der Waals surface area contributed by atoms with E-state index in [0.29, 0.717) is 0 Å². The Bertz CT molecular complexity index is 146. The molecule has 0 aliphatic carbocycles. The summed E-state index contributed by atoms with van der Waals surface area (Å²) in [7, 11) is 0. The van der Waals surface area contributed by atoms with Crippen LogP contribution < -0.4 is 5.32 Å². The van der Waals surface area contributed by atoms with Gasteiger partial charge in [0, 0.05) is 13.0 Å². The molecule has 3 heteroatoms. The molecule has 15 heavy (non-hydrogen) atoms. The van der Waals surface area contributed by atoms with Gasteiger partial charge in [0.15, 0.2) is 0 Å². The fraction of sp³-hybridized carbons (Fsp3) is 0.917. The molecule has 0 aromatic heterocycles. The van der Waals surface area contributed by atoms with E-state index in [1.54, 1.807) is 0 Å². The van der Waals surface area contributed by atoms with Crippen LogP contribution in [0.3, 0.4) is 0 Å². The molecule has 1 saturated heterocycles. The summed E-state index contributed by atoms with van der Waals surface area (Å²) in [5.41, 5.74) is 0. The van der Waals surface area contributed by atoms with Gasteiger partial charge in [-0.25, -0.2) is 0 Å². The zero-order valence-corrected chi connectivity index (χ0v) is 9.19. The predicted octanol–water partition coefficient (Wildman–Crippen LogP) is 2.37. The van der Waals surface area contributed by atoms with Crippen molar-refractivity contribution >= 4 is 35.5 Å². The van der Waals surface area contributed by atoms with Gasteiger partial charge in [-0.3, -0.25) is 4.79 Å². The van der Waals surface area contributed by atoms with Crippen LogP contribution in [0.5, 0.6) is 0 Å². The van der Waals surface area contributed by atoms with E-state index >= 15 is 0 Å². The number of carbonyl (C=O) groups excluding carboxylic acids is 1. The van der Waals surface area contributed by atoms with E-state index in [9.17, 15) is 4.79 Å². The van der Waals surface area contributed by atoms with E-state index in [0.717, 1.165) is 25.8 Å². The Hall–Kier alpha value is 0.470. The molecule has 2 nitrogen and oxygen atoms in total. The second-order valence-corrected chi connectivity index (χ2v) is 4.28. The first-order valence-corrected chi connectivity index (χ1v) is 6.16. The first-order valence-electron chi connectivity index (χ1n) is 6.16. The number of rotatable bonds is 0. The van der Waals surface area contributed by atoms with Crippen LogP contribution in [0, 0.1) is 0 Å². The van der Waals surface area contributed by atoms with Gasteiger partial charge in [0.2, 0.25) is 5.91 Å². The molecule has 0 spiro atoms. The number of amides is 1. The van der Waals surface area contributed by atoms with E-state index in [2.05, 4.69) is 5.32 Å². The van der Waals surface area contributed by atoms with Gasteiger partial charge in [-0.1, -0.05) is 44.9 Å². The molecule has 1 aliphatic heterocycles.